The number of carboxylic acids is 1. The summed E-state index contributed by atoms with van der Waals surface area (Å²) in [6.07, 6.45) is 0.808. The number of aromatic nitrogens is 1. The molecule has 1 aliphatic rings. The Hall–Kier alpha value is -2.71. The molecule has 8 heteroatoms. The van der Waals surface area contributed by atoms with E-state index in [1.807, 2.05) is 36.4 Å². The Balaban J connectivity index is 1.61. The van der Waals surface area contributed by atoms with Gasteiger partial charge in [0.1, 0.15) is 6.61 Å². The number of amides is 1. The molecule has 3 aromatic rings. The Morgan fingerprint density at radius 3 is 2.15 bits per heavy atom. The molecule has 170 valence electrons. The van der Waals surface area contributed by atoms with E-state index in [0.29, 0.717) is 8.95 Å². The minimum Gasteiger partial charge on any atom is -0.479 e. The lowest BCUT2D eigenvalue weighted by molar-refractivity contribution is -0.144. The first-order valence-electron chi connectivity index (χ1n) is 10.5. The fraction of sp³-hybridized carbons (Fsp3) is 0.240. The van der Waals surface area contributed by atoms with E-state index >= 15 is 0 Å². The highest BCUT2D eigenvalue weighted by Crippen LogP contribution is 2.44. The first kappa shape index (κ1) is 23.4. The summed E-state index contributed by atoms with van der Waals surface area (Å²) in [6, 6.07) is 16.1. The first-order valence-corrected chi connectivity index (χ1v) is 12.0. The van der Waals surface area contributed by atoms with Crippen LogP contribution in [0.3, 0.4) is 0 Å². The van der Waals surface area contributed by atoms with Crippen LogP contribution in [0.4, 0.5) is 4.79 Å². The van der Waals surface area contributed by atoms with Crippen molar-refractivity contribution in [1.82, 2.24) is 9.88 Å². The number of nitrogens with zero attached hydrogens (tertiary/aromatic N) is 2. The summed E-state index contributed by atoms with van der Waals surface area (Å²) in [5, 5.41) is 10.0. The second-order valence-electron chi connectivity index (χ2n) is 8.07. The molecule has 0 aliphatic heterocycles. The molecular formula is C25H22Br2N2O4. The predicted octanol–water partition coefficient (Wildman–Crippen LogP) is 6.39. The summed E-state index contributed by atoms with van der Waals surface area (Å²) in [7, 11) is 0. The molecule has 0 bridgehead atoms. The van der Waals surface area contributed by atoms with Gasteiger partial charge in [-0.05, 0) is 74.0 Å². The molecule has 0 saturated carbocycles. The van der Waals surface area contributed by atoms with E-state index in [4.69, 9.17) is 4.74 Å². The van der Waals surface area contributed by atoms with Crippen molar-refractivity contribution in [2.45, 2.75) is 31.8 Å². The molecule has 0 spiro atoms. The molecule has 4 rings (SSSR count). The smallest absolute Gasteiger partial charge is 0.411 e. The van der Waals surface area contributed by atoms with Crippen LogP contribution in [0.1, 0.15) is 42.6 Å². The molecule has 33 heavy (non-hydrogen) atoms. The molecule has 1 aromatic heterocycles. The van der Waals surface area contributed by atoms with Crippen LogP contribution < -0.4 is 0 Å². The van der Waals surface area contributed by atoms with Crippen molar-refractivity contribution in [3.05, 3.63) is 86.6 Å². The van der Waals surface area contributed by atoms with Gasteiger partial charge < -0.3 is 9.84 Å². The number of aliphatic carboxylic acids is 1. The number of hydrogen-bond donors (Lipinski definition) is 1. The van der Waals surface area contributed by atoms with Gasteiger partial charge in [-0.25, -0.2) is 9.59 Å². The van der Waals surface area contributed by atoms with Gasteiger partial charge >= 0.3 is 12.1 Å². The standard InChI is InChI=1S/C25H22Br2N2O4/c1-14(2)29(23(24(30)31)22-21(27)11-15(26)12-28-22)25(32)33-13-20-18-9-5-3-7-16(18)17-8-4-6-10-19(17)20/h3-12,14,20,23H,13H2,1-2H3,(H,30,31). The zero-order valence-corrected chi connectivity index (χ0v) is 21.2. The number of carbonyl (C=O) groups excluding carboxylic acids is 1. The van der Waals surface area contributed by atoms with E-state index in [9.17, 15) is 14.7 Å². The summed E-state index contributed by atoms with van der Waals surface area (Å²) in [6.45, 7) is 3.62. The Kier molecular flexibility index (Phi) is 6.86. The minimum absolute atomic E-state index is 0.108. The molecule has 1 aliphatic carbocycles. The largest absolute Gasteiger partial charge is 0.479 e. The van der Waals surface area contributed by atoms with Crippen molar-refractivity contribution >= 4 is 43.9 Å². The van der Waals surface area contributed by atoms with Crippen LogP contribution in [0.2, 0.25) is 0 Å². The molecule has 1 amide bonds. The van der Waals surface area contributed by atoms with E-state index in [1.165, 1.54) is 11.1 Å². The lowest BCUT2D eigenvalue weighted by Gasteiger charge is -2.32. The number of rotatable bonds is 6. The maximum Gasteiger partial charge on any atom is 0.411 e. The highest BCUT2D eigenvalue weighted by atomic mass is 79.9. The average molecular weight is 574 g/mol. The molecule has 2 aromatic carbocycles. The summed E-state index contributed by atoms with van der Waals surface area (Å²) in [5.41, 5.74) is 4.67. The average Bonchev–Trinajstić information content (AvgIpc) is 3.10. The van der Waals surface area contributed by atoms with Gasteiger partial charge in [0, 0.05) is 27.1 Å². The molecule has 1 atom stereocenters. The fourth-order valence-electron chi connectivity index (χ4n) is 4.28. The van der Waals surface area contributed by atoms with E-state index < -0.39 is 24.1 Å². The van der Waals surface area contributed by atoms with Gasteiger partial charge in [0.25, 0.3) is 0 Å². The number of halogens is 2. The van der Waals surface area contributed by atoms with E-state index in [1.54, 1.807) is 19.9 Å². The van der Waals surface area contributed by atoms with Gasteiger partial charge in [-0.3, -0.25) is 9.88 Å². The molecular weight excluding hydrogens is 552 g/mol. The number of benzene rings is 2. The van der Waals surface area contributed by atoms with Gasteiger partial charge in [-0.15, -0.1) is 0 Å². The number of carboxylic acid groups (broad SMARTS) is 1. The van der Waals surface area contributed by atoms with Crippen molar-refractivity contribution < 1.29 is 19.4 Å². The van der Waals surface area contributed by atoms with Crippen LogP contribution in [0, 0.1) is 0 Å². The van der Waals surface area contributed by atoms with E-state index in [-0.39, 0.29) is 18.2 Å². The fourth-order valence-corrected chi connectivity index (χ4v) is 5.48. The van der Waals surface area contributed by atoms with Gasteiger partial charge in [0.2, 0.25) is 0 Å². The lowest BCUT2D eigenvalue weighted by Crippen LogP contribution is -2.44. The third-order valence-corrected chi connectivity index (χ3v) is 6.78. The number of pyridine rings is 1. The first-order chi connectivity index (χ1) is 15.8. The van der Waals surface area contributed by atoms with Crippen LogP contribution in [0.25, 0.3) is 11.1 Å². The number of fused-ring (bicyclic) bond motifs is 3. The molecule has 0 fully saturated rings. The zero-order valence-electron chi connectivity index (χ0n) is 18.0. The van der Waals surface area contributed by atoms with Crippen LogP contribution >= 0.6 is 31.9 Å². The second kappa shape index (κ2) is 9.65. The predicted molar refractivity (Wildman–Crippen MR) is 132 cm³/mol. The quantitative estimate of drug-likeness (QED) is 0.369. The summed E-state index contributed by atoms with van der Waals surface area (Å²) < 4.78 is 6.93. The Bertz CT molecular complexity index is 1170. The van der Waals surface area contributed by atoms with Gasteiger partial charge in [-0.1, -0.05) is 48.5 Å². The van der Waals surface area contributed by atoms with Gasteiger partial charge in [-0.2, -0.15) is 0 Å². The van der Waals surface area contributed by atoms with Gasteiger partial charge in [0.15, 0.2) is 6.04 Å². The van der Waals surface area contributed by atoms with Crippen LogP contribution in [0.15, 0.2) is 69.7 Å². The SMILES string of the molecule is CC(C)N(C(=O)OCC1c2ccccc2-c2ccccc21)C(C(=O)O)c1ncc(Br)cc1Br. The third kappa shape index (κ3) is 4.54. The highest BCUT2D eigenvalue weighted by molar-refractivity contribution is 9.11. The van der Waals surface area contributed by atoms with E-state index in [2.05, 4.69) is 49.0 Å². The van der Waals surface area contributed by atoms with E-state index in [0.717, 1.165) is 22.3 Å². The molecule has 1 heterocycles. The number of hydrogen-bond acceptors (Lipinski definition) is 4. The lowest BCUT2D eigenvalue weighted by atomic mass is 9.98. The third-order valence-electron chi connectivity index (χ3n) is 5.71. The van der Waals surface area contributed by atoms with Crippen molar-refractivity contribution in [2.75, 3.05) is 6.61 Å². The summed E-state index contributed by atoms with van der Waals surface area (Å²) in [5.74, 6) is -1.30. The molecule has 0 radical (unpaired) electrons. The maximum absolute atomic E-state index is 13.3. The molecule has 1 N–H and O–H groups in total. The zero-order chi connectivity index (χ0) is 23.7. The van der Waals surface area contributed by atoms with Crippen molar-refractivity contribution in [2.24, 2.45) is 0 Å². The summed E-state index contributed by atoms with van der Waals surface area (Å²) in [4.78, 5) is 31.0. The molecule has 1 unspecified atom stereocenters. The molecule has 0 saturated heterocycles. The highest BCUT2D eigenvalue weighted by Gasteiger charge is 2.38. The van der Waals surface area contributed by atoms with Crippen LogP contribution in [-0.2, 0) is 9.53 Å². The Morgan fingerprint density at radius 1 is 1.06 bits per heavy atom. The van der Waals surface area contributed by atoms with Gasteiger partial charge in [0.05, 0.1) is 5.69 Å². The number of ether oxygens (including phenoxy) is 1. The van der Waals surface area contributed by atoms with Crippen molar-refractivity contribution in [1.29, 1.82) is 0 Å². The number of carbonyl (C=O) groups is 2. The molecule has 6 nitrogen and oxygen atoms in total. The summed E-state index contributed by atoms with van der Waals surface area (Å²) >= 11 is 6.70. The monoisotopic (exact) mass is 572 g/mol. The Labute approximate surface area is 208 Å². The maximum atomic E-state index is 13.3. The topological polar surface area (TPSA) is 79.7 Å². The normalized spacial score (nSPS) is 13.4. The van der Waals surface area contributed by atoms with Crippen molar-refractivity contribution in [3.8, 4) is 11.1 Å². The Morgan fingerprint density at radius 2 is 1.64 bits per heavy atom. The van der Waals surface area contributed by atoms with Crippen molar-refractivity contribution in [3.63, 3.8) is 0 Å². The van der Waals surface area contributed by atoms with Crippen LogP contribution in [-0.4, -0.2) is 39.7 Å². The second-order valence-corrected chi connectivity index (χ2v) is 9.84. The van der Waals surface area contributed by atoms with Crippen LogP contribution in [0.5, 0.6) is 0 Å². The minimum atomic E-state index is -1.30.